The van der Waals surface area contributed by atoms with Crippen molar-refractivity contribution in [1.82, 2.24) is 0 Å². The molecule has 0 amide bonds. The third-order valence-electron chi connectivity index (χ3n) is 6.87. The van der Waals surface area contributed by atoms with Gasteiger partial charge in [-0.2, -0.15) is 0 Å². The fraction of sp³-hybridized carbons (Fsp3) is 0.400. The summed E-state index contributed by atoms with van der Waals surface area (Å²) in [7, 11) is 0. The Hall–Kier alpha value is -1.56. The van der Waals surface area contributed by atoms with Gasteiger partial charge in [0.1, 0.15) is 0 Å². The van der Waals surface area contributed by atoms with Gasteiger partial charge >= 0.3 is 0 Å². The predicted molar refractivity (Wildman–Crippen MR) is 81.7 cm³/mol. The number of fused-ring (bicyclic) bond motifs is 2. The monoisotopic (exact) mass is 258 g/mol. The summed E-state index contributed by atoms with van der Waals surface area (Å²) >= 11 is 0. The quantitative estimate of drug-likeness (QED) is 0.642. The number of rotatable bonds is 1. The smallest absolute Gasteiger partial charge is 0.00442 e. The van der Waals surface area contributed by atoms with E-state index in [2.05, 4.69) is 48.6 Å². The topological polar surface area (TPSA) is 0 Å². The van der Waals surface area contributed by atoms with Crippen LogP contribution < -0.4 is 0 Å². The highest BCUT2D eigenvalue weighted by Gasteiger charge is 2.75. The average molecular weight is 258 g/mol. The van der Waals surface area contributed by atoms with Crippen LogP contribution in [0.15, 0.2) is 48.6 Å². The van der Waals surface area contributed by atoms with Gasteiger partial charge in [0.25, 0.3) is 0 Å². The molecule has 98 valence electrons. The summed E-state index contributed by atoms with van der Waals surface area (Å²) in [6, 6.07) is 13.9. The van der Waals surface area contributed by atoms with E-state index >= 15 is 0 Å². The van der Waals surface area contributed by atoms with Crippen molar-refractivity contribution < 1.29 is 0 Å². The molecular formula is C20H18. The summed E-state index contributed by atoms with van der Waals surface area (Å²) in [5, 5.41) is 3.04. The van der Waals surface area contributed by atoms with Crippen molar-refractivity contribution in [2.24, 2.45) is 16.7 Å². The first-order valence-corrected chi connectivity index (χ1v) is 8.04. The van der Waals surface area contributed by atoms with Crippen LogP contribution in [0.5, 0.6) is 0 Å². The van der Waals surface area contributed by atoms with Crippen LogP contribution in [0.4, 0.5) is 0 Å². The fourth-order valence-corrected chi connectivity index (χ4v) is 5.79. The first kappa shape index (κ1) is 10.2. The van der Waals surface area contributed by atoms with Gasteiger partial charge < -0.3 is 0 Å². The molecule has 2 fully saturated rings. The van der Waals surface area contributed by atoms with E-state index in [1.54, 1.807) is 16.5 Å². The summed E-state index contributed by atoms with van der Waals surface area (Å²) in [6.45, 7) is 0. The van der Waals surface area contributed by atoms with Crippen molar-refractivity contribution in [3.8, 4) is 0 Å². The van der Waals surface area contributed by atoms with E-state index in [9.17, 15) is 0 Å². The Kier molecular flexibility index (Phi) is 1.47. The second-order valence-electron chi connectivity index (χ2n) is 7.49. The number of allylic oxidation sites excluding steroid dienone is 2. The Morgan fingerprint density at radius 1 is 1.00 bits per heavy atom. The van der Waals surface area contributed by atoms with Gasteiger partial charge in [-0.05, 0) is 70.2 Å². The van der Waals surface area contributed by atoms with Gasteiger partial charge in [-0.1, -0.05) is 48.6 Å². The molecule has 0 saturated heterocycles. The predicted octanol–water partition coefficient (Wildman–Crippen LogP) is 4.84. The van der Waals surface area contributed by atoms with Crippen LogP contribution in [0.3, 0.4) is 0 Å². The van der Waals surface area contributed by atoms with Crippen molar-refractivity contribution >= 4 is 10.8 Å². The molecule has 1 spiro atoms. The number of hydrogen-bond donors (Lipinski definition) is 0. The first-order valence-electron chi connectivity index (χ1n) is 8.04. The molecule has 0 heterocycles. The first-order chi connectivity index (χ1) is 9.84. The summed E-state index contributed by atoms with van der Waals surface area (Å²) < 4.78 is 0. The second kappa shape index (κ2) is 2.88. The van der Waals surface area contributed by atoms with E-state index in [-0.39, 0.29) is 0 Å². The molecule has 0 radical (unpaired) electrons. The van der Waals surface area contributed by atoms with Crippen molar-refractivity contribution in [2.75, 3.05) is 0 Å². The molecule has 0 nitrogen and oxygen atoms in total. The van der Waals surface area contributed by atoms with Crippen LogP contribution >= 0.6 is 0 Å². The lowest BCUT2D eigenvalue weighted by Gasteiger charge is -2.30. The van der Waals surface area contributed by atoms with Crippen molar-refractivity contribution in [2.45, 2.75) is 31.6 Å². The van der Waals surface area contributed by atoms with Crippen LogP contribution in [0.1, 0.15) is 36.3 Å². The highest BCUT2D eigenvalue weighted by atomic mass is 14.8. The van der Waals surface area contributed by atoms with Crippen LogP contribution in [-0.2, 0) is 6.42 Å². The third-order valence-corrected chi connectivity index (χ3v) is 6.87. The Morgan fingerprint density at radius 3 is 2.65 bits per heavy atom. The minimum Gasteiger partial charge on any atom is -0.0842 e. The summed E-state index contributed by atoms with van der Waals surface area (Å²) in [5.74, 6) is 1.67. The van der Waals surface area contributed by atoms with E-state index < -0.39 is 0 Å². The lowest BCUT2D eigenvalue weighted by atomic mass is 9.73. The molecule has 0 aliphatic heterocycles. The second-order valence-corrected chi connectivity index (χ2v) is 7.49. The normalized spacial score (nSPS) is 37.6. The minimum absolute atomic E-state index is 0.604. The van der Waals surface area contributed by atoms with Gasteiger partial charge in [0.15, 0.2) is 0 Å². The lowest BCUT2D eigenvalue weighted by Crippen LogP contribution is -2.23. The number of benzene rings is 2. The average Bonchev–Trinajstić information content (AvgIpc) is 3.33. The molecule has 0 bridgehead atoms. The molecule has 2 aromatic carbocycles. The molecule has 3 atom stereocenters. The van der Waals surface area contributed by atoms with E-state index in [0.717, 1.165) is 11.8 Å². The van der Waals surface area contributed by atoms with E-state index in [1.807, 2.05) is 0 Å². The van der Waals surface area contributed by atoms with E-state index in [4.69, 9.17) is 0 Å². The van der Waals surface area contributed by atoms with Gasteiger partial charge in [-0.15, -0.1) is 0 Å². The zero-order valence-corrected chi connectivity index (χ0v) is 11.6. The minimum atomic E-state index is 0.604. The maximum absolute atomic E-state index is 2.59. The van der Waals surface area contributed by atoms with Crippen molar-refractivity contribution in [3.05, 3.63) is 59.7 Å². The maximum atomic E-state index is 2.59. The maximum Gasteiger partial charge on any atom is -0.00442 e. The Morgan fingerprint density at radius 2 is 1.85 bits per heavy atom. The van der Waals surface area contributed by atoms with Gasteiger partial charge in [0, 0.05) is 0 Å². The fourth-order valence-electron chi connectivity index (χ4n) is 5.79. The van der Waals surface area contributed by atoms with Crippen molar-refractivity contribution in [3.63, 3.8) is 0 Å². The molecule has 3 unspecified atom stereocenters. The molecule has 4 aliphatic rings. The van der Waals surface area contributed by atoms with Crippen LogP contribution in [0, 0.1) is 16.7 Å². The summed E-state index contributed by atoms with van der Waals surface area (Å²) in [5.41, 5.74) is 4.48. The zero-order chi connectivity index (χ0) is 12.9. The SMILES string of the molecule is C1=CC2(CC2)C2(C3Cc4cccc5cccc3c45)CC12. The summed E-state index contributed by atoms with van der Waals surface area (Å²) in [6.07, 6.45) is 10.8. The lowest BCUT2D eigenvalue weighted by molar-refractivity contribution is 0.281. The van der Waals surface area contributed by atoms with Gasteiger partial charge in [0.05, 0.1) is 0 Å². The standard InChI is InChI=1S/C20H18/c1-3-13-4-2-6-16-17(11-14(5-1)18(13)16)20-12-15(20)7-8-19(20)9-10-19/h1-8,15,17H,9-12H2. The highest BCUT2D eigenvalue weighted by Crippen LogP contribution is 2.83. The molecule has 20 heavy (non-hydrogen) atoms. The van der Waals surface area contributed by atoms with Gasteiger partial charge in [0.2, 0.25) is 0 Å². The van der Waals surface area contributed by atoms with Crippen LogP contribution in [0.25, 0.3) is 10.8 Å². The van der Waals surface area contributed by atoms with Crippen molar-refractivity contribution in [1.29, 1.82) is 0 Å². The van der Waals surface area contributed by atoms with Crippen LogP contribution in [-0.4, -0.2) is 0 Å². The molecule has 0 heteroatoms. The summed E-state index contributed by atoms with van der Waals surface area (Å²) in [4.78, 5) is 0. The highest BCUT2D eigenvalue weighted by molar-refractivity contribution is 5.91. The molecule has 6 rings (SSSR count). The van der Waals surface area contributed by atoms with E-state index in [1.165, 1.54) is 31.1 Å². The largest absolute Gasteiger partial charge is 0.0842 e. The molecule has 0 aromatic heterocycles. The molecule has 2 saturated carbocycles. The molecule has 0 N–H and O–H groups in total. The Balaban J connectivity index is 1.60. The third kappa shape index (κ3) is 0.915. The Bertz CT molecular complexity index is 788. The Labute approximate surface area is 119 Å². The van der Waals surface area contributed by atoms with Crippen LogP contribution in [0.2, 0.25) is 0 Å². The zero-order valence-electron chi connectivity index (χ0n) is 11.6. The van der Waals surface area contributed by atoms with Gasteiger partial charge in [-0.25, -0.2) is 0 Å². The van der Waals surface area contributed by atoms with E-state index in [0.29, 0.717) is 10.8 Å². The molecule has 2 aromatic rings. The number of hydrogen-bond acceptors (Lipinski definition) is 0. The molecular weight excluding hydrogens is 240 g/mol. The molecule has 4 aliphatic carbocycles. The van der Waals surface area contributed by atoms with Gasteiger partial charge in [-0.3, -0.25) is 0 Å².